The molecule has 0 unspecified atom stereocenters. The molecule has 0 amide bonds. The van der Waals surface area contributed by atoms with E-state index in [1.54, 1.807) is 7.11 Å². The quantitative estimate of drug-likeness (QED) is 0.777. The number of halogens is 1. The lowest BCUT2D eigenvalue weighted by atomic mass is 9.97. The maximum absolute atomic E-state index is 6.48. The molecule has 1 aromatic rings. The molecule has 1 aliphatic heterocycles. The zero-order valence-corrected chi connectivity index (χ0v) is 14.0. The van der Waals surface area contributed by atoms with Gasteiger partial charge in [0.05, 0.1) is 10.7 Å². The topological polar surface area (TPSA) is 24.5 Å². The Bertz CT molecular complexity index is 431. The average molecular weight is 311 g/mol. The second-order valence-electron chi connectivity index (χ2n) is 5.85. The van der Waals surface area contributed by atoms with Crippen LogP contribution in [0.15, 0.2) is 18.2 Å². The van der Waals surface area contributed by atoms with E-state index in [-0.39, 0.29) is 0 Å². The van der Waals surface area contributed by atoms with Crippen molar-refractivity contribution in [2.75, 3.05) is 38.3 Å². The summed E-state index contributed by atoms with van der Waals surface area (Å²) in [6.45, 7) is 7.14. The number of benzene rings is 1. The van der Waals surface area contributed by atoms with Gasteiger partial charge in [0.1, 0.15) is 0 Å². The van der Waals surface area contributed by atoms with Crippen molar-refractivity contribution in [1.82, 2.24) is 5.32 Å². The second-order valence-corrected chi connectivity index (χ2v) is 6.26. The lowest BCUT2D eigenvalue weighted by Crippen LogP contribution is -2.35. The molecule has 0 bridgehead atoms. The van der Waals surface area contributed by atoms with Crippen LogP contribution in [-0.2, 0) is 11.3 Å². The number of piperidine rings is 1. The molecule has 0 spiro atoms. The third-order valence-corrected chi connectivity index (χ3v) is 4.43. The predicted octanol–water partition coefficient (Wildman–Crippen LogP) is 3.70. The molecule has 2 rings (SSSR count). The minimum Gasteiger partial charge on any atom is -0.384 e. The van der Waals surface area contributed by atoms with E-state index in [4.69, 9.17) is 16.3 Å². The highest BCUT2D eigenvalue weighted by Crippen LogP contribution is 2.30. The van der Waals surface area contributed by atoms with Crippen LogP contribution in [0.1, 0.15) is 31.7 Å². The Balaban J connectivity index is 1.92. The summed E-state index contributed by atoms with van der Waals surface area (Å²) in [7, 11) is 1.79. The normalized spacial score (nSPS) is 16.4. The van der Waals surface area contributed by atoms with E-state index >= 15 is 0 Å². The number of hydrogen-bond donors (Lipinski definition) is 1. The van der Waals surface area contributed by atoms with Crippen molar-refractivity contribution in [3.63, 3.8) is 0 Å². The minimum atomic E-state index is 0.697. The van der Waals surface area contributed by atoms with Gasteiger partial charge in [-0.25, -0.2) is 0 Å². The van der Waals surface area contributed by atoms with Gasteiger partial charge in [0.25, 0.3) is 0 Å². The number of nitrogens with zero attached hydrogens (tertiary/aromatic N) is 1. The summed E-state index contributed by atoms with van der Waals surface area (Å²) in [6.07, 6.45) is 3.52. The molecule has 0 radical (unpaired) electrons. The molecule has 0 aliphatic carbocycles. The van der Waals surface area contributed by atoms with Crippen molar-refractivity contribution < 1.29 is 4.74 Å². The van der Waals surface area contributed by atoms with Gasteiger partial charge in [0.15, 0.2) is 0 Å². The molecule has 3 nitrogen and oxygen atoms in total. The van der Waals surface area contributed by atoms with Gasteiger partial charge in [-0.15, -0.1) is 0 Å². The Morgan fingerprint density at radius 3 is 2.71 bits per heavy atom. The number of anilines is 1. The first-order chi connectivity index (χ1) is 10.2. The van der Waals surface area contributed by atoms with E-state index in [2.05, 4.69) is 35.3 Å². The van der Waals surface area contributed by atoms with Crippen LogP contribution in [0.4, 0.5) is 5.69 Å². The van der Waals surface area contributed by atoms with Crippen LogP contribution in [0.2, 0.25) is 5.02 Å². The number of nitrogens with one attached hydrogen (secondary N) is 1. The zero-order chi connectivity index (χ0) is 15.1. The fourth-order valence-corrected chi connectivity index (χ4v) is 3.23. The first-order valence-corrected chi connectivity index (χ1v) is 8.35. The van der Waals surface area contributed by atoms with Gasteiger partial charge >= 0.3 is 0 Å². The van der Waals surface area contributed by atoms with Gasteiger partial charge in [0.2, 0.25) is 0 Å². The van der Waals surface area contributed by atoms with Crippen LogP contribution in [0.3, 0.4) is 0 Å². The van der Waals surface area contributed by atoms with Gasteiger partial charge in [-0.1, -0.05) is 24.6 Å². The van der Waals surface area contributed by atoms with Crippen LogP contribution in [-0.4, -0.2) is 33.4 Å². The maximum atomic E-state index is 6.48. The van der Waals surface area contributed by atoms with Crippen LogP contribution in [0.5, 0.6) is 0 Å². The molecular weight excluding hydrogens is 284 g/mol. The van der Waals surface area contributed by atoms with E-state index in [0.29, 0.717) is 5.92 Å². The summed E-state index contributed by atoms with van der Waals surface area (Å²) in [4.78, 5) is 2.40. The largest absolute Gasteiger partial charge is 0.384 e. The summed E-state index contributed by atoms with van der Waals surface area (Å²) in [5.74, 6) is 0.697. The molecule has 1 saturated heterocycles. The molecule has 1 N–H and O–H groups in total. The lowest BCUT2D eigenvalue weighted by molar-refractivity contribution is 0.139. The number of hydrogen-bond acceptors (Lipinski definition) is 3. The fourth-order valence-electron chi connectivity index (χ4n) is 2.90. The van der Waals surface area contributed by atoms with E-state index < -0.39 is 0 Å². The number of ether oxygens (including phenoxy) is 1. The van der Waals surface area contributed by atoms with Gasteiger partial charge in [0, 0.05) is 33.4 Å². The summed E-state index contributed by atoms with van der Waals surface area (Å²) in [5.41, 5.74) is 2.43. The SMILES string of the molecule is CCCNCc1ccc(N2CCC(COC)CC2)c(Cl)c1. The molecule has 0 atom stereocenters. The molecule has 21 heavy (non-hydrogen) atoms. The Hall–Kier alpha value is -0.770. The molecule has 0 saturated carbocycles. The lowest BCUT2D eigenvalue weighted by Gasteiger charge is -2.34. The second kappa shape index (κ2) is 8.62. The van der Waals surface area contributed by atoms with E-state index in [1.807, 2.05) is 0 Å². The van der Waals surface area contributed by atoms with Gasteiger partial charge in [-0.2, -0.15) is 0 Å². The van der Waals surface area contributed by atoms with Crippen molar-refractivity contribution >= 4 is 17.3 Å². The van der Waals surface area contributed by atoms with Crippen LogP contribution in [0.25, 0.3) is 0 Å². The summed E-state index contributed by atoms with van der Waals surface area (Å²) < 4.78 is 5.26. The van der Waals surface area contributed by atoms with Gasteiger partial charge in [-0.3, -0.25) is 0 Å². The first kappa shape index (κ1) is 16.6. The Kier molecular flexibility index (Phi) is 6.81. The number of methoxy groups -OCH3 is 1. The molecule has 1 aromatic carbocycles. The fraction of sp³-hybridized carbons (Fsp3) is 0.647. The molecule has 1 heterocycles. The van der Waals surface area contributed by atoms with Crippen LogP contribution < -0.4 is 10.2 Å². The van der Waals surface area contributed by atoms with Gasteiger partial charge in [-0.05, 0) is 49.4 Å². The van der Waals surface area contributed by atoms with Crippen molar-refractivity contribution in [1.29, 1.82) is 0 Å². The van der Waals surface area contributed by atoms with Crippen LogP contribution >= 0.6 is 11.6 Å². The molecular formula is C17H27ClN2O. The third kappa shape index (κ3) is 4.87. The van der Waals surface area contributed by atoms with E-state index in [9.17, 15) is 0 Å². The molecule has 1 fully saturated rings. The Morgan fingerprint density at radius 1 is 1.33 bits per heavy atom. The van der Waals surface area contributed by atoms with Crippen molar-refractivity contribution in [2.24, 2.45) is 5.92 Å². The van der Waals surface area contributed by atoms with Crippen molar-refractivity contribution in [3.8, 4) is 0 Å². The number of rotatable bonds is 7. The summed E-state index contributed by atoms with van der Waals surface area (Å²) in [5, 5.41) is 4.28. The maximum Gasteiger partial charge on any atom is 0.0642 e. The predicted molar refractivity (Wildman–Crippen MR) is 90.3 cm³/mol. The van der Waals surface area contributed by atoms with E-state index in [0.717, 1.165) is 44.2 Å². The highest BCUT2D eigenvalue weighted by molar-refractivity contribution is 6.33. The third-order valence-electron chi connectivity index (χ3n) is 4.13. The highest BCUT2D eigenvalue weighted by Gasteiger charge is 2.20. The summed E-state index contributed by atoms with van der Waals surface area (Å²) >= 11 is 6.48. The van der Waals surface area contributed by atoms with Gasteiger partial charge < -0.3 is 15.0 Å². The molecule has 118 valence electrons. The first-order valence-electron chi connectivity index (χ1n) is 7.97. The molecule has 1 aliphatic rings. The zero-order valence-electron chi connectivity index (χ0n) is 13.2. The summed E-state index contributed by atoms with van der Waals surface area (Å²) in [6, 6.07) is 6.45. The molecule has 0 aromatic heterocycles. The average Bonchev–Trinajstić information content (AvgIpc) is 2.49. The van der Waals surface area contributed by atoms with Crippen LogP contribution in [0, 0.1) is 5.92 Å². The molecule has 4 heteroatoms. The van der Waals surface area contributed by atoms with Crippen molar-refractivity contribution in [3.05, 3.63) is 28.8 Å². The van der Waals surface area contributed by atoms with Crippen molar-refractivity contribution in [2.45, 2.75) is 32.7 Å². The Morgan fingerprint density at radius 2 is 2.10 bits per heavy atom. The standard InChI is InChI=1S/C17H27ClN2O/c1-3-8-19-12-15-4-5-17(16(18)11-15)20-9-6-14(7-10-20)13-21-2/h4-5,11,14,19H,3,6-10,12-13H2,1-2H3. The Labute approximate surface area is 133 Å². The monoisotopic (exact) mass is 310 g/mol. The minimum absolute atomic E-state index is 0.697. The van der Waals surface area contributed by atoms with E-state index in [1.165, 1.54) is 24.1 Å². The smallest absolute Gasteiger partial charge is 0.0642 e. The highest BCUT2D eigenvalue weighted by atomic mass is 35.5.